The van der Waals surface area contributed by atoms with Crippen molar-refractivity contribution in [1.82, 2.24) is 0 Å². The van der Waals surface area contributed by atoms with Gasteiger partial charge in [0.05, 0.1) is 0 Å². The number of carbonyl (C=O) groups excluding carboxylic acids is 1. The summed E-state index contributed by atoms with van der Waals surface area (Å²) >= 11 is 9.31. The Morgan fingerprint density at radius 1 is 1.22 bits per heavy atom. The van der Waals surface area contributed by atoms with Gasteiger partial charge in [0.2, 0.25) is 0 Å². The molecule has 0 aliphatic rings. The summed E-state index contributed by atoms with van der Waals surface area (Å²) in [5.41, 5.74) is 2.81. The van der Waals surface area contributed by atoms with E-state index in [9.17, 15) is 4.79 Å². The molecule has 0 aromatic heterocycles. The van der Waals surface area contributed by atoms with Gasteiger partial charge in [-0.2, -0.15) is 0 Å². The average Bonchev–Trinajstić information content (AvgIpc) is 2.35. The predicted octanol–water partition coefficient (Wildman–Crippen LogP) is 4.84. The number of ketones is 1. The molecule has 0 aliphatic carbocycles. The Hall–Kier alpha value is -1.12. The minimum atomic E-state index is 0.0682. The van der Waals surface area contributed by atoms with Crippen molar-refractivity contribution in [2.75, 3.05) is 0 Å². The van der Waals surface area contributed by atoms with Crippen LogP contribution in [0.4, 0.5) is 0 Å². The highest BCUT2D eigenvalue weighted by atomic mass is 79.9. The summed E-state index contributed by atoms with van der Waals surface area (Å²) in [6, 6.07) is 13.2. The molecule has 18 heavy (non-hydrogen) atoms. The summed E-state index contributed by atoms with van der Waals surface area (Å²) in [4.78, 5) is 12.3. The molecule has 3 heteroatoms. The molecule has 0 fully saturated rings. The predicted molar refractivity (Wildman–Crippen MR) is 78.4 cm³/mol. The zero-order valence-electron chi connectivity index (χ0n) is 9.91. The molecule has 0 atom stereocenters. The SMILES string of the molecule is Cc1ccccc1CC(=O)c1cc(Cl)ccc1Br. The molecule has 2 aromatic rings. The van der Waals surface area contributed by atoms with Gasteiger partial charge in [-0.3, -0.25) is 4.79 Å². The van der Waals surface area contributed by atoms with Crippen LogP contribution >= 0.6 is 27.5 Å². The van der Waals surface area contributed by atoms with Crippen molar-refractivity contribution in [1.29, 1.82) is 0 Å². The second kappa shape index (κ2) is 5.68. The van der Waals surface area contributed by atoms with Gasteiger partial charge in [-0.25, -0.2) is 0 Å². The fourth-order valence-electron chi connectivity index (χ4n) is 1.79. The molecular weight excluding hydrogens is 312 g/mol. The Morgan fingerprint density at radius 3 is 2.67 bits per heavy atom. The van der Waals surface area contributed by atoms with E-state index in [0.29, 0.717) is 17.0 Å². The molecule has 0 radical (unpaired) electrons. The van der Waals surface area contributed by atoms with Crippen molar-refractivity contribution in [2.24, 2.45) is 0 Å². The zero-order valence-corrected chi connectivity index (χ0v) is 12.3. The molecule has 92 valence electrons. The lowest BCUT2D eigenvalue weighted by molar-refractivity contribution is 0.0992. The van der Waals surface area contributed by atoms with E-state index >= 15 is 0 Å². The first-order valence-corrected chi connectivity index (χ1v) is 6.78. The van der Waals surface area contributed by atoms with Crippen LogP contribution in [0, 0.1) is 6.92 Å². The number of rotatable bonds is 3. The number of hydrogen-bond acceptors (Lipinski definition) is 1. The topological polar surface area (TPSA) is 17.1 Å². The molecule has 0 saturated carbocycles. The average molecular weight is 324 g/mol. The third-order valence-corrected chi connectivity index (χ3v) is 3.77. The first-order valence-electron chi connectivity index (χ1n) is 5.60. The van der Waals surface area contributed by atoms with E-state index in [0.717, 1.165) is 15.6 Å². The fourth-order valence-corrected chi connectivity index (χ4v) is 2.43. The van der Waals surface area contributed by atoms with Crippen LogP contribution < -0.4 is 0 Å². The molecule has 1 nitrogen and oxygen atoms in total. The minimum Gasteiger partial charge on any atom is -0.294 e. The Balaban J connectivity index is 2.28. The van der Waals surface area contributed by atoms with Crippen LogP contribution in [-0.4, -0.2) is 5.78 Å². The molecule has 0 aliphatic heterocycles. The Labute approximate surface area is 120 Å². The number of benzene rings is 2. The molecule has 0 amide bonds. The lowest BCUT2D eigenvalue weighted by Gasteiger charge is -2.07. The van der Waals surface area contributed by atoms with Crippen molar-refractivity contribution in [3.63, 3.8) is 0 Å². The molecule has 2 aromatic carbocycles. The van der Waals surface area contributed by atoms with Gasteiger partial charge in [-0.1, -0.05) is 51.8 Å². The van der Waals surface area contributed by atoms with Gasteiger partial charge < -0.3 is 0 Å². The van der Waals surface area contributed by atoms with Gasteiger partial charge in [0.25, 0.3) is 0 Å². The first-order chi connectivity index (χ1) is 8.58. The second-order valence-corrected chi connectivity index (χ2v) is 5.44. The maximum atomic E-state index is 12.3. The lowest BCUT2D eigenvalue weighted by Crippen LogP contribution is -2.05. The Bertz CT molecular complexity index is 593. The second-order valence-electron chi connectivity index (χ2n) is 4.15. The number of hydrogen-bond donors (Lipinski definition) is 0. The van der Waals surface area contributed by atoms with E-state index in [1.165, 1.54) is 0 Å². The van der Waals surface area contributed by atoms with Crippen molar-refractivity contribution >= 4 is 33.3 Å². The summed E-state index contributed by atoms with van der Waals surface area (Å²) < 4.78 is 0.783. The zero-order chi connectivity index (χ0) is 13.1. The third-order valence-electron chi connectivity index (χ3n) is 2.84. The highest BCUT2D eigenvalue weighted by molar-refractivity contribution is 9.10. The molecule has 0 N–H and O–H groups in total. The summed E-state index contributed by atoms with van der Waals surface area (Å²) in [7, 11) is 0. The number of aryl methyl sites for hydroxylation is 1. The molecule has 0 spiro atoms. The Kier molecular flexibility index (Phi) is 4.20. The molecule has 0 unspecified atom stereocenters. The van der Waals surface area contributed by atoms with Crippen LogP contribution in [0.15, 0.2) is 46.9 Å². The van der Waals surface area contributed by atoms with E-state index < -0.39 is 0 Å². The molecule has 0 heterocycles. The standard InChI is InChI=1S/C15H12BrClO/c1-10-4-2-3-5-11(10)8-15(18)13-9-12(17)6-7-14(13)16/h2-7,9H,8H2,1H3. The maximum Gasteiger partial charge on any atom is 0.168 e. The quantitative estimate of drug-likeness (QED) is 0.739. The summed E-state index contributed by atoms with van der Waals surface area (Å²) in [5, 5.41) is 0.575. The van der Waals surface area contributed by atoms with Gasteiger partial charge in [0.15, 0.2) is 5.78 Å². The van der Waals surface area contributed by atoms with Crippen LogP contribution in [0.25, 0.3) is 0 Å². The maximum absolute atomic E-state index is 12.3. The van der Waals surface area contributed by atoms with Crippen molar-refractivity contribution in [3.8, 4) is 0 Å². The summed E-state index contributed by atoms with van der Waals surface area (Å²) in [6.07, 6.45) is 0.394. The molecular formula is C15H12BrClO. The van der Waals surface area contributed by atoms with E-state index in [1.54, 1.807) is 18.2 Å². The van der Waals surface area contributed by atoms with Crippen LogP contribution in [-0.2, 0) is 6.42 Å². The highest BCUT2D eigenvalue weighted by Crippen LogP contribution is 2.23. The van der Waals surface area contributed by atoms with E-state index in [4.69, 9.17) is 11.6 Å². The largest absolute Gasteiger partial charge is 0.294 e. The van der Waals surface area contributed by atoms with Gasteiger partial charge in [-0.15, -0.1) is 0 Å². The minimum absolute atomic E-state index is 0.0682. The highest BCUT2D eigenvalue weighted by Gasteiger charge is 2.12. The fraction of sp³-hybridized carbons (Fsp3) is 0.133. The van der Waals surface area contributed by atoms with Crippen LogP contribution in [0.3, 0.4) is 0 Å². The first kappa shape index (κ1) is 13.3. The van der Waals surface area contributed by atoms with Crippen LogP contribution in [0.1, 0.15) is 21.5 Å². The third kappa shape index (κ3) is 3.01. The van der Waals surface area contributed by atoms with E-state index in [1.807, 2.05) is 31.2 Å². The van der Waals surface area contributed by atoms with Crippen LogP contribution in [0.2, 0.25) is 5.02 Å². The molecule has 0 bridgehead atoms. The number of halogens is 2. The van der Waals surface area contributed by atoms with Crippen molar-refractivity contribution in [2.45, 2.75) is 13.3 Å². The van der Waals surface area contributed by atoms with Crippen molar-refractivity contribution in [3.05, 3.63) is 68.7 Å². The monoisotopic (exact) mass is 322 g/mol. The van der Waals surface area contributed by atoms with Gasteiger partial charge in [0.1, 0.15) is 0 Å². The van der Waals surface area contributed by atoms with E-state index in [-0.39, 0.29) is 5.78 Å². The summed E-state index contributed by atoms with van der Waals surface area (Å²) in [6.45, 7) is 2.01. The normalized spacial score (nSPS) is 10.4. The lowest BCUT2D eigenvalue weighted by atomic mass is 10.00. The smallest absolute Gasteiger partial charge is 0.168 e. The van der Waals surface area contributed by atoms with Gasteiger partial charge in [0, 0.05) is 21.5 Å². The number of Topliss-reactive ketones (excluding diaryl/α,β-unsaturated/α-hetero) is 1. The van der Waals surface area contributed by atoms with E-state index in [2.05, 4.69) is 15.9 Å². The summed E-state index contributed by atoms with van der Waals surface area (Å²) in [5.74, 6) is 0.0682. The van der Waals surface area contributed by atoms with Gasteiger partial charge in [-0.05, 0) is 36.2 Å². The van der Waals surface area contributed by atoms with Gasteiger partial charge >= 0.3 is 0 Å². The molecule has 2 rings (SSSR count). The number of carbonyl (C=O) groups is 1. The Morgan fingerprint density at radius 2 is 1.94 bits per heavy atom. The van der Waals surface area contributed by atoms with Crippen molar-refractivity contribution < 1.29 is 4.79 Å². The molecule has 0 saturated heterocycles. The van der Waals surface area contributed by atoms with Crippen LogP contribution in [0.5, 0.6) is 0 Å².